The van der Waals surface area contributed by atoms with Gasteiger partial charge in [0.1, 0.15) is 0 Å². The molecule has 0 radical (unpaired) electrons. The Bertz CT molecular complexity index is 516. The summed E-state index contributed by atoms with van der Waals surface area (Å²) >= 11 is 3.42. The summed E-state index contributed by atoms with van der Waals surface area (Å²) in [6, 6.07) is 6.66. The summed E-state index contributed by atoms with van der Waals surface area (Å²) in [6.45, 7) is 2.78. The van der Waals surface area contributed by atoms with Crippen LogP contribution in [0.15, 0.2) is 24.3 Å². The lowest BCUT2D eigenvalue weighted by molar-refractivity contribution is 0.0451. The maximum atomic E-state index is 12.2. The van der Waals surface area contributed by atoms with Crippen molar-refractivity contribution in [2.75, 3.05) is 18.5 Å². The smallest absolute Gasteiger partial charge is 0.339 e. The standard InChI is InChI=1S/C20H29BrO4/c1-2-3-15-24-19(22)17-12-8-9-13-18(17)20(23)25-16-11-7-5-4-6-10-14-21/h8-9,12-13H,2-7,10-11,14-16H2,1H3. The van der Waals surface area contributed by atoms with Crippen molar-refractivity contribution in [3.63, 3.8) is 0 Å². The second-order valence-electron chi connectivity index (χ2n) is 5.98. The van der Waals surface area contributed by atoms with Crippen LogP contribution in [0.4, 0.5) is 0 Å². The largest absolute Gasteiger partial charge is 0.462 e. The summed E-state index contributed by atoms with van der Waals surface area (Å²) in [4.78, 5) is 24.4. The Kier molecular flexibility index (Phi) is 12.0. The second kappa shape index (κ2) is 13.9. The molecule has 5 heteroatoms. The van der Waals surface area contributed by atoms with Crippen LogP contribution < -0.4 is 0 Å². The van der Waals surface area contributed by atoms with Crippen LogP contribution >= 0.6 is 15.9 Å². The normalized spacial score (nSPS) is 10.5. The van der Waals surface area contributed by atoms with Crippen LogP contribution in [0.2, 0.25) is 0 Å². The van der Waals surface area contributed by atoms with E-state index in [9.17, 15) is 9.59 Å². The van der Waals surface area contributed by atoms with Crippen molar-refractivity contribution in [1.29, 1.82) is 0 Å². The molecule has 0 saturated heterocycles. The zero-order chi connectivity index (χ0) is 18.3. The van der Waals surface area contributed by atoms with Gasteiger partial charge >= 0.3 is 11.9 Å². The highest BCUT2D eigenvalue weighted by atomic mass is 79.9. The molecule has 1 aromatic rings. The molecule has 1 aromatic carbocycles. The molecule has 0 fully saturated rings. The molecule has 4 nitrogen and oxygen atoms in total. The van der Waals surface area contributed by atoms with Gasteiger partial charge in [-0.3, -0.25) is 0 Å². The molecule has 0 aliphatic heterocycles. The predicted molar refractivity (Wildman–Crippen MR) is 103 cm³/mol. The highest BCUT2D eigenvalue weighted by Crippen LogP contribution is 2.13. The number of carbonyl (C=O) groups excluding carboxylic acids is 2. The van der Waals surface area contributed by atoms with E-state index in [0.717, 1.165) is 37.4 Å². The Labute approximate surface area is 159 Å². The Morgan fingerprint density at radius 2 is 1.28 bits per heavy atom. The highest BCUT2D eigenvalue weighted by molar-refractivity contribution is 9.09. The molecule has 0 N–H and O–H groups in total. The average Bonchev–Trinajstić information content (AvgIpc) is 2.64. The van der Waals surface area contributed by atoms with Crippen LogP contribution in [-0.4, -0.2) is 30.5 Å². The fourth-order valence-electron chi connectivity index (χ4n) is 2.37. The molecule has 0 spiro atoms. The number of rotatable bonds is 13. The minimum absolute atomic E-state index is 0.276. The summed E-state index contributed by atoms with van der Waals surface area (Å²) in [6.07, 6.45) is 8.48. The van der Waals surface area contributed by atoms with E-state index in [2.05, 4.69) is 15.9 Å². The van der Waals surface area contributed by atoms with Crippen molar-refractivity contribution in [2.45, 2.75) is 58.3 Å². The topological polar surface area (TPSA) is 52.6 Å². The molecule has 0 aromatic heterocycles. The lowest BCUT2D eigenvalue weighted by Crippen LogP contribution is -2.15. The first-order valence-electron chi connectivity index (χ1n) is 9.20. The van der Waals surface area contributed by atoms with Crippen LogP contribution in [0.25, 0.3) is 0 Å². The molecule has 0 bridgehead atoms. The maximum absolute atomic E-state index is 12.2. The first kappa shape index (κ1) is 21.7. The van der Waals surface area contributed by atoms with Gasteiger partial charge in [0.15, 0.2) is 0 Å². The number of esters is 2. The maximum Gasteiger partial charge on any atom is 0.339 e. The molecule has 0 atom stereocenters. The van der Waals surface area contributed by atoms with E-state index in [1.54, 1.807) is 24.3 Å². The van der Waals surface area contributed by atoms with Gasteiger partial charge in [0.25, 0.3) is 0 Å². The fraction of sp³-hybridized carbons (Fsp3) is 0.600. The SMILES string of the molecule is CCCCOC(=O)c1ccccc1C(=O)OCCCCCCCCBr. The number of unbranched alkanes of at least 4 members (excludes halogenated alkanes) is 6. The molecule has 25 heavy (non-hydrogen) atoms. The third kappa shape index (κ3) is 9.05. The number of alkyl halides is 1. The van der Waals surface area contributed by atoms with Crippen LogP contribution in [0.5, 0.6) is 0 Å². The molecule has 0 unspecified atom stereocenters. The van der Waals surface area contributed by atoms with Crippen molar-refractivity contribution in [2.24, 2.45) is 0 Å². The highest BCUT2D eigenvalue weighted by Gasteiger charge is 2.18. The van der Waals surface area contributed by atoms with Crippen molar-refractivity contribution in [1.82, 2.24) is 0 Å². The first-order chi connectivity index (χ1) is 12.2. The molecule has 140 valence electrons. The Morgan fingerprint density at radius 3 is 1.80 bits per heavy atom. The minimum atomic E-state index is -0.465. The van der Waals surface area contributed by atoms with Crippen molar-refractivity contribution in [3.05, 3.63) is 35.4 Å². The molecule has 0 saturated carbocycles. The van der Waals surface area contributed by atoms with Gasteiger partial charge in [-0.2, -0.15) is 0 Å². The van der Waals surface area contributed by atoms with Gasteiger partial charge < -0.3 is 9.47 Å². The molecule has 0 heterocycles. The van der Waals surface area contributed by atoms with E-state index in [1.807, 2.05) is 6.92 Å². The van der Waals surface area contributed by atoms with Gasteiger partial charge in [0.2, 0.25) is 0 Å². The van der Waals surface area contributed by atoms with Crippen LogP contribution in [-0.2, 0) is 9.47 Å². The fourth-order valence-corrected chi connectivity index (χ4v) is 2.77. The monoisotopic (exact) mass is 412 g/mol. The van der Waals surface area contributed by atoms with Crippen molar-refractivity contribution >= 4 is 27.9 Å². The number of hydrogen-bond acceptors (Lipinski definition) is 4. The Balaban J connectivity index is 2.38. The Morgan fingerprint density at radius 1 is 0.800 bits per heavy atom. The molecular formula is C20H29BrO4. The van der Waals surface area contributed by atoms with E-state index in [0.29, 0.717) is 13.2 Å². The van der Waals surface area contributed by atoms with Gasteiger partial charge in [-0.15, -0.1) is 0 Å². The summed E-state index contributed by atoms with van der Waals surface area (Å²) in [5.41, 5.74) is 0.555. The average molecular weight is 413 g/mol. The van der Waals surface area contributed by atoms with Gasteiger partial charge in [0.05, 0.1) is 24.3 Å². The number of halogens is 1. The molecule has 0 aliphatic rings. The van der Waals surface area contributed by atoms with E-state index >= 15 is 0 Å². The predicted octanol–water partition coefficient (Wildman–Crippen LogP) is 5.54. The van der Waals surface area contributed by atoms with E-state index in [1.165, 1.54) is 19.3 Å². The Hall–Kier alpha value is -1.36. The zero-order valence-corrected chi connectivity index (χ0v) is 16.7. The lowest BCUT2D eigenvalue weighted by Gasteiger charge is -2.09. The molecule has 1 rings (SSSR count). The molecular weight excluding hydrogens is 384 g/mol. The van der Waals surface area contributed by atoms with E-state index < -0.39 is 11.9 Å². The molecule has 0 amide bonds. The first-order valence-corrected chi connectivity index (χ1v) is 10.3. The number of hydrogen-bond donors (Lipinski definition) is 0. The quantitative estimate of drug-likeness (QED) is 0.242. The summed E-state index contributed by atoms with van der Waals surface area (Å²) < 4.78 is 10.5. The van der Waals surface area contributed by atoms with Crippen molar-refractivity contribution < 1.29 is 19.1 Å². The minimum Gasteiger partial charge on any atom is -0.462 e. The number of benzene rings is 1. The van der Waals surface area contributed by atoms with Crippen LogP contribution in [0, 0.1) is 0 Å². The number of ether oxygens (including phenoxy) is 2. The van der Waals surface area contributed by atoms with Crippen LogP contribution in [0.1, 0.15) is 79.0 Å². The van der Waals surface area contributed by atoms with Crippen molar-refractivity contribution in [3.8, 4) is 0 Å². The van der Waals surface area contributed by atoms with Crippen LogP contribution in [0.3, 0.4) is 0 Å². The summed E-state index contributed by atoms with van der Waals surface area (Å²) in [5, 5.41) is 1.06. The van der Waals surface area contributed by atoms with Gasteiger partial charge in [0, 0.05) is 5.33 Å². The van der Waals surface area contributed by atoms with Gasteiger partial charge in [-0.05, 0) is 31.4 Å². The van der Waals surface area contributed by atoms with Gasteiger partial charge in [-0.1, -0.05) is 67.1 Å². The van der Waals surface area contributed by atoms with E-state index in [-0.39, 0.29) is 11.1 Å². The second-order valence-corrected chi connectivity index (χ2v) is 6.77. The van der Waals surface area contributed by atoms with E-state index in [4.69, 9.17) is 9.47 Å². The lowest BCUT2D eigenvalue weighted by atomic mass is 10.1. The summed E-state index contributed by atoms with van der Waals surface area (Å²) in [7, 11) is 0. The third-order valence-electron chi connectivity index (χ3n) is 3.86. The zero-order valence-electron chi connectivity index (χ0n) is 15.1. The van der Waals surface area contributed by atoms with Gasteiger partial charge in [-0.25, -0.2) is 9.59 Å². The summed E-state index contributed by atoms with van der Waals surface area (Å²) in [5.74, 6) is -0.921. The molecule has 0 aliphatic carbocycles. The third-order valence-corrected chi connectivity index (χ3v) is 4.42. The number of carbonyl (C=O) groups is 2.